The van der Waals surface area contributed by atoms with Gasteiger partial charge < -0.3 is 0 Å². The maximum Gasteiger partial charge on any atom is 0.106 e. The zero-order valence-electron chi connectivity index (χ0n) is 8.81. The summed E-state index contributed by atoms with van der Waals surface area (Å²) in [5.41, 5.74) is 6.30. The fraction of sp³-hybridized carbons (Fsp3) is 0.143. The van der Waals surface area contributed by atoms with Crippen molar-refractivity contribution in [1.82, 2.24) is 0 Å². The van der Waals surface area contributed by atoms with Gasteiger partial charge in [-0.15, -0.1) is 0 Å². The Hall–Kier alpha value is -1.96. The lowest BCUT2D eigenvalue weighted by Crippen LogP contribution is -1.85. The zero-order chi connectivity index (χ0) is 11.0. The van der Waals surface area contributed by atoms with Crippen LogP contribution in [0.5, 0.6) is 0 Å². The van der Waals surface area contributed by atoms with E-state index in [9.17, 15) is 4.91 Å². The van der Waals surface area contributed by atoms with Gasteiger partial charge in [0.2, 0.25) is 0 Å². The normalized spacial score (nSPS) is 12.0. The van der Waals surface area contributed by atoms with Crippen LogP contribution in [-0.2, 0) is 13.0 Å². The highest BCUT2D eigenvalue weighted by molar-refractivity contribution is 5.76. The standard InChI is InChI=1S/C14H11NO/c16-15-9-10-5-6-14-12(7-10)8-11-3-1-2-4-13(11)14/h1-7H,8-9H2. The molecule has 0 spiro atoms. The highest BCUT2D eigenvalue weighted by Crippen LogP contribution is 2.36. The van der Waals surface area contributed by atoms with Crippen molar-refractivity contribution in [3.8, 4) is 11.1 Å². The van der Waals surface area contributed by atoms with Crippen LogP contribution in [0.1, 0.15) is 16.7 Å². The predicted molar refractivity (Wildman–Crippen MR) is 64.2 cm³/mol. The number of nitrogens with zero attached hydrogens (tertiary/aromatic N) is 1. The van der Waals surface area contributed by atoms with Gasteiger partial charge in [-0.2, -0.15) is 4.91 Å². The Labute approximate surface area is 93.9 Å². The van der Waals surface area contributed by atoms with Crippen molar-refractivity contribution in [2.45, 2.75) is 13.0 Å². The van der Waals surface area contributed by atoms with Crippen LogP contribution in [0.2, 0.25) is 0 Å². The van der Waals surface area contributed by atoms with Gasteiger partial charge in [-0.1, -0.05) is 47.6 Å². The van der Waals surface area contributed by atoms with Crippen molar-refractivity contribution >= 4 is 0 Å². The first-order valence-corrected chi connectivity index (χ1v) is 5.37. The summed E-state index contributed by atoms with van der Waals surface area (Å²) >= 11 is 0. The van der Waals surface area contributed by atoms with E-state index in [1.54, 1.807) is 0 Å². The number of nitroso groups, excluding NO2 is 1. The highest BCUT2D eigenvalue weighted by atomic mass is 16.3. The van der Waals surface area contributed by atoms with Crippen LogP contribution in [0, 0.1) is 4.91 Å². The lowest BCUT2D eigenvalue weighted by atomic mass is 10.0. The molecule has 0 saturated heterocycles. The predicted octanol–water partition coefficient (Wildman–Crippen LogP) is 3.52. The average Bonchev–Trinajstić information content (AvgIpc) is 2.67. The van der Waals surface area contributed by atoms with Crippen molar-refractivity contribution in [3.05, 3.63) is 64.1 Å². The summed E-state index contributed by atoms with van der Waals surface area (Å²) in [5, 5.41) is 2.93. The molecular formula is C14H11NO. The summed E-state index contributed by atoms with van der Waals surface area (Å²) in [6.07, 6.45) is 0.970. The van der Waals surface area contributed by atoms with Crippen LogP contribution in [0.3, 0.4) is 0 Å². The van der Waals surface area contributed by atoms with Crippen LogP contribution in [0.4, 0.5) is 0 Å². The second-order valence-electron chi connectivity index (χ2n) is 4.11. The van der Waals surface area contributed by atoms with Gasteiger partial charge in [0.15, 0.2) is 0 Å². The molecule has 0 fully saturated rings. The maximum atomic E-state index is 10.2. The summed E-state index contributed by atoms with van der Waals surface area (Å²) in [6, 6.07) is 14.6. The molecule has 0 amide bonds. The Bertz CT molecular complexity index is 560. The van der Waals surface area contributed by atoms with Gasteiger partial charge in [0.05, 0.1) is 0 Å². The molecule has 78 valence electrons. The van der Waals surface area contributed by atoms with Crippen LogP contribution in [0.25, 0.3) is 11.1 Å². The lowest BCUT2D eigenvalue weighted by Gasteiger charge is -2.01. The maximum absolute atomic E-state index is 10.2. The van der Waals surface area contributed by atoms with Gasteiger partial charge in [-0.05, 0) is 34.2 Å². The molecule has 0 N–H and O–H groups in total. The van der Waals surface area contributed by atoms with Gasteiger partial charge in [-0.3, -0.25) is 0 Å². The first-order chi connectivity index (χ1) is 7.88. The molecule has 2 nitrogen and oxygen atoms in total. The molecule has 3 rings (SSSR count). The SMILES string of the molecule is O=NCc1ccc2c(c1)Cc1ccccc1-2. The molecule has 16 heavy (non-hydrogen) atoms. The molecule has 1 aliphatic carbocycles. The van der Waals surface area contributed by atoms with Crippen LogP contribution < -0.4 is 0 Å². The number of benzene rings is 2. The first kappa shape index (κ1) is 9.28. The molecule has 0 radical (unpaired) electrons. The fourth-order valence-electron chi connectivity index (χ4n) is 2.37. The van der Waals surface area contributed by atoms with Crippen molar-refractivity contribution < 1.29 is 0 Å². The van der Waals surface area contributed by atoms with Gasteiger partial charge in [0.1, 0.15) is 6.54 Å². The lowest BCUT2D eigenvalue weighted by molar-refractivity contribution is 1.05. The fourth-order valence-corrected chi connectivity index (χ4v) is 2.37. The number of hydrogen-bond acceptors (Lipinski definition) is 2. The van der Waals surface area contributed by atoms with Crippen LogP contribution >= 0.6 is 0 Å². The molecule has 0 unspecified atom stereocenters. The summed E-state index contributed by atoms with van der Waals surface area (Å²) in [5.74, 6) is 0. The Morgan fingerprint density at radius 2 is 1.81 bits per heavy atom. The largest absolute Gasteiger partial charge is 0.150 e. The van der Waals surface area contributed by atoms with Crippen molar-refractivity contribution in [3.63, 3.8) is 0 Å². The van der Waals surface area contributed by atoms with Crippen LogP contribution in [0.15, 0.2) is 47.6 Å². The minimum Gasteiger partial charge on any atom is -0.150 e. The summed E-state index contributed by atoms with van der Waals surface area (Å²) in [7, 11) is 0. The second-order valence-corrected chi connectivity index (χ2v) is 4.11. The van der Waals surface area contributed by atoms with Crippen molar-refractivity contribution in [2.75, 3.05) is 0 Å². The van der Waals surface area contributed by atoms with E-state index in [0.717, 1.165) is 12.0 Å². The molecule has 2 heteroatoms. The van der Waals surface area contributed by atoms with E-state index in [1.165, 1.54) is 22.3 Å². The summed E-state index contributed by atoms with van der Waals surface area (Å²) in [6.45, 7) is 0.267. The molecule has 0 bridgehead atoms. The van der Waals surface area contributed by atoms with E-state index in [0.29, 0.717) is 0 Å². The third-order valence-electron chi connectivity index (χ3n) is 3.11. The molecule has 2 aromatic carbocycles. The van der Waals surface area contributed by atoms with Crippen molar-refractivity contribution in [1.29, 1.82) is 0 Å². The van der Waals surface area contributed by atoms with E-state index >= 15 is 0 Å². The van der Waals surface area contributed by atoms with Gasteiger partial charge in [0, 0.05) is 0 Å². The van der Waals surface area contributed by atoms with E-state index in [4.69, 9.17) is 0 Å². The Morgan fingerprint density at radius 1 is 1.00 bits per heavy atom. The molecule has 0 aromatic heterocycles. The minimum atomic E-state index is 0.267. The molecular weight excluding hydrogens is 198 g/mol. The van der Waals surface area contributed by atoms with Gasteiger partial charge in [0.25, 0.3) is 0 Å². The zero-order valence-corrected chi connectivity index (χ0v) is 8.81. The molecule has 0 aliphatic heterocycles. The summed E-state index contributed by atoms with van der Waals surface area (Å²) < 4.78 is 0. The average molecular weight is 209 g/mol. The molecule has 0 heterocycles. The molecule has 0 saturated carbocycles. The number of rotatable bonds is 2. The van der Waals surface area contributed by atoms with Crippen molar-refractivity contribution in [2.24, 2.45) is 5.18 Å². The Morgan fingerprint density at radius 3 is 2.69 bits per heavy atom. The Kier molecular flexibility index (Phi) is 2.07. The first-order valence-electron chi connectivity index (χ1n) is 5.37. The quantitative estimate of drug-likeness (QED) is 0.594. The molecule has 0 atom stereocenters. The van der Waals surface area contributed by atoms with E-state index in [1.807, 2.05) is 6.07 Å². The van der Waals surface area contributed by atoms with E-state index in [2.05, 4.69) is 41.6 Å². The third-order valence-corrected chi connectivity index (χ3v) is 3.11. The smallest absolute Gasteiger partial charge is 0.106 e. The molecule has 2 aromatic rings. The summed E-state index contributed by atoms with van der Waals surface area (Å²) in [4.78, 5) is 10.2. The second kappa shape index (κ2) is 3.56. The minimum absolute atomic E-state index is 0.267. The van der Waals surface area contributed by atoms with Crippen LogP contribution in [-0.4, -0.2) is 0 Å². The molecule has 1 aliphatic rings. The number of hydrogen-bond donors (Lipinski definition) is 0. The van der Waals surface area contributed by atoms with Gasteiger partial charge in [-0.25, -0.2) is 0 Å². The van der Waals surface area contributed by atoms with E-state index < -0.39 is 0 Å². The third kappa shape index (κ3) is 1.34. The van der Waals surface area contributed by atoms with Gasteiger partial charge >= 0.3 is 0 Å². The highest BCUT2D eigenvalue weighted by Gasteiger charge is 2.17. The topological polar surface area (TPSA) is 29.4 Å². The Balaban J connectivity index is 2.10. The van der Waals surface area contributed by atoms with E-state index in [-0.39, 0.29) is 6.54 Å². The number of fused-ring (bicyclic) bond motifs is 3. The monoisotopic (exact) mass is 209 g/mol.